The van der Waals surface area contributed by atoms with Crippen molar-refractivity contribution in [2.24, 2.45) is 0 Å². The predicted molar refractivity (Wildman–Crippen MR) is 99.1 cm³/mol. The number of aryl methyl sites for hydroxylation is 1. The van der Waals surface area contributed by atoms with Crippen LogP contribution in [0.2, 0.25) is 0 Å². The first-order valence-electron chi connectivity index (χ1n) is 8.40. The maximum Gasteiger partial charge on any atom is 0.262 e. The fraction of sp³-hybridized carbons (Fsp3) is 0.200. The largest absolute Gasteiger partial charge is 0.481 e. The quantitative estimate of drug-likeness (QED) is 0.710. The van der Waals surface area contributed by atoms with Crippen LogP contribution in [-0.2, 0) is 11.2 Å². The van der Waals surface area contributed by atoms with E-state index in [4.69, 9.17) is 4.74 Å². The molecule has 3 aromatic rings. The van der Waals surface area contributed by atoms with E-state index >= 15 is 0 Å². The Morgan fingerprint density at radius 3 is 2.77 bits per heavy atom. The van der Waals surface area contributed by atoms with E-state index in [0.717, 1.165) is 23.8 Å². The highest BCUT2D eigenvalue weighted by Crippen LogP contribution is 2.21. The van der Waals surface area contributed by atoms with Crippen LogP contribution >= 0.6 is 0 Å². The summed E-state index contributed by atoms with van der Waals surface area (Å²) in [6.45, 7) is 1.74. The number of ether oxygens (including phenoxy) is 1. The summed E-state index contributed by atoms with van der Waals surface area (Å²) in [5.41, 5.74) is 2.00. The normalized spacial score (nSPS) is 10.7. The van der Waals surface area contributed by atoms with Gasteiger partial charge in [-0.1, -0.05) is 31.5 Å². The van der Waals surface area contributed by atoms with Crippen molar-refractivity contribution in [1.29, 1.82) is 0 Å². The van der Waals surface area contributed by atoms with Gasteiger partial charge in [0.05, 0.1) is 5.52 Å². The highest BCUT2D eigenvalue weighted by Gasteiger charge is 2.09. The minimum Gasteiger partial charge on any atom is -0.481 e. The number of nitrogens with one attached hydrogen (secondary N) is 2. The summed E-state index contributed by atoms with van der Waals surface area (Å²) in [7, 11) is 0. The molecule has 0 radical (unpaired) electrons. The van der Waals surface area contributed by atoms with E-state index in [1.54, 1.807) is 30.3 Å². The Labute approximate surface area is 149 Å². The highest BCUT2D eigenvalue weighted by molar-refractivity contribution is 5.94. The van der Waals surface area contributed by atoms with Crippen LogP contribution in [0.5, 0.6) is 5.75 Å². The monoisotopic (exact) mass is 354 g/mol. The molecule has 0 saturated carbocycles. The minimum absolute atomic E-state index is 0.0229. The van der Waals surface area contributed by atoms with E-state index < -0.39 is 11.7 Å². The number of carbonyl (C=O) groups excluding carboxylic acids is 1. The minimum atomic E-state index is -0.521. The third-order valence-corrected chi connectivity index (χ3v) is 3.93. The van der Waals surface area contributed by atoms with Crippen molar-refractivity contribution < 1.29 is 13.9 Å². The fourth-order valence-corrected chi connectivity index (χ4v) is 2.79. The molecule has 0 fully saturated rings. The van der Waals surface area contributed by atoms with Gasteiger partial charge in [-0.05, 0) is 36.2 Å². The van der Waals surface area contributed by atoms with E-state index in [9.17, 15) is 14.0 Å². The Hall–Kier alpha value is -3.15. The van der Waals surface area contributed by atoms with Crippen molar-refractivity contribution in [3.05, 3.63) is 70.3 Å². The van der Waals surface area contributed by atoms with E-state index in [1.807, 2.05) is 6.07 Å². The Morgan fingerprint density at radius 1 is 1.19 bits per heavy atom. The molecule has 26 heavy (non-hydrogen) atoms. The maximum atomic E-state index is 13.5. The molecule has 134 valence electrons. The number of amides is 1. The number of aromatic nitrogens is 1. The molecule has 0 unspecified atom stereocenters. The predicted octanol–water partition coefficient (Wildman–Crippen LogP) is 3.64. The van der Waals surface area contributed by atoms with Gasteiger partial charge in [-0.15, -0.1) is 0 Å². The number of aromatic amines is 1. The summed E-state index contributed by atoms with van der Waals surface area (Å²) in [6.07, 6.45) is 1.74. The molecule has 1 aromatic heterocycles. The molecule has 2 aromatic carbocycles. The second kappa shape index (κ2) is 7.82. The van der Waals surface area contributed by atoms with Crippen LogP contribution in [0.3, 0.4) is 0 Å². The molecule has 5 nitrogen and oxygen atoms in total. The van der Waals surface area contributed by atoms with Gasteiger partial charge in [-0.2, -0.15) is 0 Å². The van der Waals surface area contributed by atoms with Gasteiger partial charge in [0.2, 0.25) is 5.56 Å². The number of halogens is 1. The smallest absolute Gasteiger partial charge is 0.262 e. The molecule has 0 aliphatic rings. The lowest BCUT2D eigenvalue weighted by atomic mass is 10.0. The SMILES string of the molecule is CCCc1cc(=O)[nH]c2cc(NC(=O)COc3ccccc3F)ccc12. The Balaban J connectivity index is 1.73. The first kappa shape index (κ1) is 17.7. The Morgan fingerprint density at radius 2 is 2.00 bits per heavy atom. The molecular weight excluding hydrogens is 335 g/mol. The first-order chi connectivity index (χ1) is 12.6. The average molecular weight is 354 g/mol. The van der Waals surface area contributed by atoms with Crippen molar-refractivity contribution in [1.82, 2.24) is 4.98 Å². The third-order valence-electron chi connectivity index (χ3n) is 3.93. The standard InChI is InChI=1S/C20H19FN2O3/c1-2-5-13-10-19(24)23-17-11-14(8-9-15(13)17)22-20(25)12-26-18-7-4-3-6-16(18)21/h3-4,6-11H,2,5,12H2,1H3,(H,22,25)(H,23,24). The summed E-state index contributed by atoms with van der Waals surface area (Å²) in [5.74, 6) is -0.915. The van der Waals surface area contributed by atoms with E-state index in [0.29, 0.717) is 11.2 Å². The lowest BCUT2D eigenvalue weighted by Crippen LogP contribution is -2.20. The fourth-order valence-electron chi connectivity index (χ4n) is 2.79. The summed E-state index contributed by atoms with van der Waals surface area (Å²) in [4.78, 5) is 26.6. The van der Waals surface area contributed by atoms with Crippen molar-refractivity contribution >= 4 is 22.5 Å². The first-order valence-corrected chi connectivity index (χ1v) is 8.40. The number of para-hydroxylation sites is 1. The van der Waals surface area contributed by atoms with Crippen LogP contribution in [0.1, 0.15) is 18.9 Å². The van der Waals surface area contributed by atoms with Gasteiger partial charge in [0.25, 0.3) is 5.91 Å². The molecule has 0 aliphatic carbocycles. The lowest BCUT2D eigenvalue weighted by Gasteiger charge is -2.10. The van der Waals surface area contributed by atoms with Crippen LogP contribution in [0, 0.1) is 5.82 Å². The lowest BCUT2D eigenvalue weighted by molar-refractivity contribution is -0.118. The molecular formula is C20H19FN2O3. The van der Waals surface area contributed by atoms with E-state index in [2.05, 4.69) is 17.2 Å². The van der Waals surface area contributed by atoms with Crippen LogP contribution in [-0.4, -0.2) is 17.5 Å². The van der Waals surface area contributed by atoms with Crippen molar-refractivity contribution in [3.8, 4) is 5.75 Å². The molecule has 3 rings (SSSR count). The number of anilines is 1. The summed E-state index contributed by atoms with van der Waals surface area (Å²) in [5, 5.41) is 3.64. The Bertz CT molecular complexity index is 998. The highest BCUT2D eigenvalue weighted by atomic mass is 19.1. The zero-order valence-corrected chi connectivity index (χ0v) is 14.3. The number of H-pyrrole nitrogens is 1. The van der Waals surface area contributed by atoms with Crippen LogP contribution in [0.4, 0.5) is 10.1 Å². The van der Waals surface area contributed by atoms with Gasteiger partial charge in [-0.25, -0.2) is 4.39 Å². The van der Waals surface area contributed by atoms with Gasteiger partial charge in [-0.3, -0.25) is 9.59 Å². The van der Waals surface area contributed by atoms with Gasteiger partial charge in [0.1, 0.15) is 0 Å². The zero-order valence-electron chi connectivity index (χ0n) is 14.3. The Kier molecular flexibility index (Phi) is 5.31. The van der Waals surface area contributed by atoms with Crippen molar-refractivity contribution in [2.45, 2.75) is 19.8 Å². The summed E-state index contributed by atoms with van der Waals surface area (Å²) >= 11 is 0. The second-order valence-electron chi connectivity index (χ2n) is 5.94. The molecule has 1 heterocycles. The third kappa shape index (κ3) is 4.08. The zero-order chi connectivity index (χ0) is 18.5. The van der Waals surface area contributed by atoms with Gasteiger partial charge in [0.15, 0.2) is 18.2 Å². The van der Waals surface area contributed by atoms with Gasteiger partial charge >= 0.3 is 0 Å². The number of benzene rings is 2. The maximum absolute atomic E-state index is 13.5. The molecule has 0 atom stereocenters. The van der Waals surface area contributed by atoms with Crippen LogP contribution in [0.15, 0.2) is 53.3 Å². The summed E-state index contributed by atoms with van der Waals surface area (Å²) < 4.78 is 18.7. The molecule has 2 N–H and O–H groups in total. The van der Waals surface area contributed by atoms with Gasteiger partial charge < -0.3 is 15.0 Å². The van der Waals surface area contributed by atoms with Crippen molar-refractivity contribution in [3.63, 3.8) is 0 Å². The molecule has 1 amide bonds. The number of hydrogen-bond acceptors (Lipinski definition) is 3. The summed E-state index contributed by atoms with van der Waals surface area (Å²) in [6, 6.07) is 12.8. The number of fused-ring (bicyclic) bond motifs is 1. The molecule has 0 spiro atoms. The van der Waals surface area contributed by atoms with Crippen molar-refractivity contribution in [2.75, 3.05) is 11.9 Å². The molecule has 0 bridgehead atoms. The second-order valence-corrected chi connectivity index (χ2v) is 5.94. The van der Waals surface area contributed by atoms with Crippen LogP contribution < -0.4 is 15.6 Å². The number of hydrogen-bond donors (Lipinski definition) is 2. The van der Waals surface area contributed by atoms with Gasteiger partial charge in [0, 0.05) is 17.1 Å². The molecule has 0 aliphatic heterocycles. The average Bonchev–Trinajstić information content (AvgIpc) is 2.61. The molecule has 0 saturated heterocycles. The topological polar surface area (TPSA) is 71.2 Å². The number of rotatable bonds is 6. The van der Waals surface area contributed by atoms with Crippen LogP contribution in [0.25, 0.3) is 10.9 Å². The number of pyridine rings is 1. The van der Waals surface area contributed by atoms with E-state index in [1.165, 1.54) is 12.1 Å². The number of carbonyl (C=O) groups is 1. The molecule has 6 heteroatoms. The van der Waals surface area contributed by atoms with E-state index in [-0.39, 0.29) is 17.9 Å².